The Labute approximate surface area is 232 Å². The Morgan fingerprint density at radius 3 is 2.55 bits per heavy atom. The number of fused-ring (bicyclic) bond motifs is 1. The summed E-state index contributed by atoms with van der Waals surface area (Å²) in [6.45, 7) is 3.43. The standard InChI is InChI=1S/C28H30N6O5S/c1-18(2)14-23(33-28(37)24-16-30-20-9-4-5-10-21(20)31-24)27(36)32-22-11-7-13-34(17-25(22)35)40(38,39)26-12-6-3-8-19(26)15-29/h3-6,8-10,12,16,18,22-23H,7,11,13-14,17H2,1-2H3,(H,32,36)(H,33,37)/t22-,23?/m0/s1. The van der Waals surface area contributed by atoms with E-state index in [0.717, 1.165) is 4.31 Å². The summed E-state index contributed by atoms with van der Waals surface area (Å²) in [7, 11) is -4.10. The number of nitrogens with zero attached hydrogens (tertiary/aromatic N) is 4. The minimum absolute atomic E-state index is 0.00702. The number of hydrogen-bond acceptors (Lipinski definition) is 8. The summed E-state index contributed by atoms with van der Waals surface area (Å²) in [4.78, 5) is 47.8. The molecule has 3 aromatic rings. The number of rotatable bonds is 8. The van der Waals surface area contributed by atoms with Gasteiger partial charge in [0.15, 0.2) is 5.78 Å². The van der Waals surface area contributed by atoms with Crippen molar-refractivity contribution >= 4 is 38.7 Å². The van der Waals surface area contributed by atoms with Crippen LogP contribution in [-0.4, -0.2) is 65.5 Å². The average Bonchev–Trinajstić information content (AvgIpc) is 3.13. The number of carbonyl (C=O) groups excluding carboxylic acids is 3. The fourth-order valence-electron chi connectivity index (χ4n) is 4.55. The lowest BCUT2D eigenvalue weighted by atomic mass is 10.0. The van der Waals surface area contributed by atoms with Gasteiger partial charge in [-0.2, -0.15) is 9.57 Å². The third kappa shape index (κ3) is 6.50. The van der Waals surface area contributed by atoms with Crippen LogP contribution in [0.25, 0.3) is 11.0 Å². The molecule has 12 heteroatoms. The number of benzene rings is 2. The summed E-state index contributed by atoms with van der Waals surface area (Å²) >= 11 is 0. The van der Waals surface area contributed by atoms with Gasteiger partial charge in [0.05, 0.1) is 40.3 Å². The molecule has 0 aliphatic carbocycles. The summed E-state index contributed by atoms with van der Waals surface area (Å²) in [5.74, 6) is -1.54. The fourth-order valence-corrected chi connectivity index (χ4v) is 6.14. The van der Waals surface area contributed by atoms with Crippen molar-refractivity contribution in [3.05, 3.63) is 66.0 Å². The number of Topliss-reactive ketones (excluding diaryl/α,β-unsaturated/α-hetero) is 1. The molecule has 1 aliphatic rings. The number of nitrogens with one attached hydrogen (secondary N) is 2. The van der Waals surface area contributed by atoms with Crippen LogP contribution in [0.2, 0.25) is 0 Å². The molecule has 1 aliphatic heterocycles. The normalized spacial score (nSPS) is 17.1. The number of para-hydroxylation sites is 2. The van der Waals surface area contributed by atoms with E-state index in [0.29, 0.717) is 23.9 Å². The van der Waals surface area contributed by atoms with Crippen molar-refractivity contribution in [2.24, 2.45) is 5.92 Å². The van der Waals surface area contributed by atoms with Crippen molar-refractivity contribution in [1.29, 1.82) is 5.26 Å². The molecular formula is C28H30N6O5S. The van der Waals surface area contributed by atoms with Crippen molar-refractivity contribution in [2.75, 3.05) is 13.1 Å². The van der Waals surface area contributed by atoms with Crippen molar-refractivity contribution in [3.8, 4) is 6.07 Å². The van der Waals surface area contributed by atoms with Gasteiger partial charge in [0, 0.05) is 6.54 Å². The van der Waals surface area contributed by atoms with Crippen molar-refractivity contribution in [1.82, 2.24) is 24.9 Å². The van der Waals surface area contributed by atoms with Gasteiger partial charge in [-0.3, -0.25) is 19.4 Å². The van der Waals surface area contributed by atoms with E-state index >= 15 is 0 Å². The van der Waals surface area contributed by atoms with Crippen LogP contribution in [0.4, 0.5) is 0 Å². The molecule has 0 spiro atoms. The van der Waals surface area contributed by atoms with Crippen LogP contribution in [-0.2, 0) is 19.6 Å². The molecule has 1 saturated heterocycles. The number of nitriles is 1. The van der Waals surface area contributed by atoms with Gasteiger partial charge in [0.1, 0.15) is 17.8 Å². The number of aromatic nitrogens is 2. The summed E-state index contributed by atoms with van der Waals surface area (Å²) < 4.78 is 27.5. The van der Waals surface area contributed by atoms with Crippen LogP contribution in [0.5, 0.6) is 0 Å². The highest BCUT2D eigenvalue weighted by molar-refractivity contribution is 7.89. The third-order valence-electron chi connectivity index (χ3n) is 6.57. The van der Waals surface area contributed by atoms with E-state index in [-0.39, 0.29) is 35.0 Å². The van der Waals surface area contributed by atoms with Crippen LogP contribution in [0, 0.1) is 17.2 Å². The Kier molecular flexibility index (Phi) is 8.86. The zero-order valence-electron chi connectivity index (χ0n) is 22.2. The van der Waals surface area contributed by atoms with Crippen LogP contribution < -0.4 is 10.6 Å². The fraction of sp³-hybridized carbons (Fsp3) is 0.357. The number of sulfonamides is 1. The number of amides is 2. The Balaban J connectivity index is 1.46. The molecular weight excluding hydrogens is 532 g/mol. The lowest BCUT2D eigenvalue weighted by molar-refractivity contribution is -0.129. The molecule has 2 amide bonds. The van der Waals surface area contributed by atoms with Crippen LogP contribution >= 0.6 is 0 Å². The SMILES string of the molecule is CC(C)CC(NC(=O)c1cnc2ccccc2n1)C(=O)N[C@H]1CCCN(S(=O)(=O)c2ccccc2C#N)CC1=O. The highest BCUT2D eigenvalue weighted by Crippen LogP contribution is 2.22. The van der Waals surface area contributed by atoms with E-state index < -0.39 is 46.2 Å². The maximum absolute atomic E-state index is 13.3. The van der Waals surface area contributed by atoms with Gasteiger partial charge < -0.3 is 10.6 Å². The molecule has 2 N–H and O–H groups in total. The highest BCUT2D eigenvalue weighted by atomic mass is 32.2. The molecule has 4 rings (SSSR count). The first-order chi connectivity index (χ1) is 19.1. The molecule has 1 aromatic heterocycles. The molecule has 40 heavy (non-hydrogen) atoms. The minimum atomic E-state index is -4.10. The van der Waals surface area contributed by atoms with Crippen molar-refractivity contribution in [2.45, 2.75) is 50.1 Å². The molecule has 2 heterocycles. The Hall–Kier alpha value is -4.21. The molecule has 2 atom stereocenters. The monoisotopic (exact) mass is 562 g/mol. The van der Waals surface area contributed by atoms with E-state index in [9.17, 15) is 28.1 Å². The maximum Gasteiger partial charge on any atom is 0.272 e. The first-order valence-corrected chi connectivity index (χ1v) is 14.4. The maximum atomic E-state index is 13.3. The van der Waals surface area contributed by atoms with E-state index in [1.54, 1.807) is 24.3 Å². The minimum Gasteiger partial charge on any atom is -0.344 e. The lowest BCUT2D eigenvalue weighted by Gasteiger charge is -2.23. The Bertz CT molecular complexity index is 1580. The van der Waals surface area contributed by atoms with Crippen LogP contribution in [0.1, 0.15) is 49.2 Å². The molecule has 2 aromatic carbocycles. The van der Waals surface area contributed by atoms with Gasteiger partial charge >= 0.3 is 0 Å². The van der Waals surface area contributed by atoms with Gasteiger partial charge in [0.25, 0.3) is 5.91 Å². The van der Waals surface area contributed by atoms with Crippen molar-refractivity contribution < 1.29 is 22.8 Å². The smallest absolute Gasteiger partial charge is 0.272 e. The van der Waals surface area contributed by atoms with E-state index in [1.807, 2.05) is 26.0 Å². The number of ketones is 1. The quantitative estimate of drug-likeness (QED) is 0.422. The number of carbonyl (C=O) groups is 3. The van der Waals surface area contributed by atoms with Gasteiger partial charge in [0.2, 0.25) is 15.9 Å². The summed E-state index contributed by atoms with van der Waals surface area (Å²) in [5.41, 5.74) is 1.23. The van der Waals surface area contributed by atoms with E-state index in [4.69, 9.17) is 0 Å². The third-order valence-corrected chi connectivity index (χ3v) is 8.48. The molecule has 0 saturated carbocycles. The predicted molar refractivity (Wildman–Crippen MR) is 146 cm³/mol. The summed E-state index contributed by atoms with van der Waals surface area (Å²) in [6, 6.07) is 12.9. The zero-order chi connectivity index (χ0) is 28.9. The lowest BCUT2D eigenvalue weighted by Crippen LogP contribution is -2.52. The number of hydrogen-bond donors (Lipinski definition) is 2. The average molecular weight is 563 g/mol. The van der Waals surface area contributed by atoms with Crippen LogP contribution in [0.3, 0.4) is 0 Å². The Morgan fingerprint density at radius 2 is 1.82 bits per heavy atom. The second-order valence-electron chi connectivity index (χ2n) is 10.0. The largest absolute Gasteiger partial charge is 0.344 e. The second kappa shape index (κ2) is 12.3. The van der Waals surface area contributed by atoms with Crippen LogP contribution in [0.15, 0.2) is 59.6 Å². The molecule has 208 valence electrons. The first kappa shape index (κ1) is 28.8. The highest BCUT2D eigenvalue weighted by Gasteiger charge is 2.35. The molecule has 0 bridgehead atoms. The zero-order valence-corrected chi connectivity index (χ0v) is 23.0. The van der Waals surface area contributed by atoms with Gasteiger partial charge in [-0.15, -0.1) is 0 Å². The van der Waals surface area contributed by atoms with Gasteiger partial charge in [-0.25, -0.2) is 13.4 Å². The predicted octanol–water partition coefficient (Wildman–Crippen LogP) is 2.18. The molecule has 1 fully saturated rings. The van der Waals surface area contributed by atoms with Gasteiger partial charge in [-0.05, 0) is 49.4 Å². The first-order valence-electron chi connectivity index (χ1n) is 12.9. The van der Waals surface area contributed by atoms with E-state index in [2.05, 4.69) is 20.6 Å². The second-order valence-corrected chi connectivity index (χ2v) is 11.9. The Morgan fingerprint density at radius 1 is 1.12 bits per heavy atom. The summed E-state index contributed by atoms with van der Waals surface area (Å²) in [6.07, 6.45) is 2.20. The van der Waals surface area contributed by atoms with Crippen molar-refractivity contribution in [3.63, 3.8) is 0 Å². The molecule has 0 radical (unpaired) electrons. The van der Waals surface area contributed by atoms with E-state index in [1.165, 1.54) is 24.4 Å². The summed E-state index contributed by atoms with van der Waals surface area (Å²) in [5, 5.41) is 14.8. The topological polar surface area (TPSA) is 162 Å². The molecule has 11 nitrogen and oxygen atoms in total. The van der Waals surface area contributed by atoms with Gasteiger partial charge in [-0.1, -0.05) is 38.1 Å². The molecule has 1 unspecified atom stereocenters.